The summed E-state index contributed by atoms with van der Waals surface area (Å²) >= 11 is 0. The fraction of sp³-hybridized carbons (Fsp3) is 1.00. The highest BCUT2D eigenvalue weighted by Gasteiger charge is 2.30. The highest BCUT2D eigenvalue weighted by atomic mass is 19.3. The number of aliphatic hydroxyl groups excluding tert-OH is 1. The van der Waals surface area contributed by atoms with E-state index in [9.17, 15) is 8.78 Å². The minimum atomic E-state index is -2.92. The van der Waals surface area contributed by atoms with Gasteiger partial charge in [-0.25, -0.2) is 8.78 Å². The summed E-state index contributed by atoms with van der Waals surface area (Å²) in [6.45, 7) is 0.165. The molecule has 0 amide bonds. The molecule has 0 aromatic rings. The van der Waals surface area contributed by atoms with Crippen LogP contribution in [0.5, 0.6) is 0 Å². The number of hydrogen-bond acceptors (Lipinski definition) is 2. The normalized spacial score (nSPS) is 21.2. The number of nitrogens with zero attached hydrogens (tertiary/aromatic N) is 1. The van der Waals surface area contributed by atoms with Crippen molar-refractivity contribution in [2.24, 2.45) is 0 Å². The van der Waals surface area contributed by atoms with Gasteiger partial charge in [-0.05, 0) is 25.9 Å². The molecule has 1 saturated heterocycles. The van der Waals surface area contributed by atoms with Crippen LogP contribution < -0.4 is 0 Å². The van der Waals surface area contributed by atoms with Crippen molar-refractivity contribution in [2.45, 2.75) is 25.2 Å². The van der Waals surface area contributed by atoms with E-state index in [1.54, 1.807) is 4.90 Å². The molecule has 0 unspecified atom stereocenters. The maximum Gasteiger partial charge on any atom is 0.283 e. The van der Waals surface area contributed by atoms with Crippen LogP contribution in [0, 0.1) is 0 Å². The molecule has 4 heteroatoms. The minimum absolute atomic E-state index is 0.288. The van der Waals surface area contributed by atoms with Gasteiger partial charge in [0.15, 0.2) is 0 Å². The first-order valence-electron chi connectivity index (χ1n) is 4.35. The van der Waals surface area contributed by atoms with E-state index in [4.69, 9.17) is 5.11 Å². The average Bonchev–Trinajstić information content (AvgIpc) is 2.06. The van der Waals surface area contributed by atoms with Crippen LogP contribution in [0.25, 0.3) is 0 Å². The molecule has 0 saturated carbocycles. The first-order valence-corrected chi connectivity index (χ1v) is 4.35. The molecule has 0 atom stereocenters. The molecule has 12 heavy (non-hydrogen) atoms. The van der Waals surface area contributed by atoms with Crippen molar-refractivity contribution in [3.8, 4) is 0 Å². The van der Waals surface area contributed by atoms with Crippen LogP contribution in [0.1, 0.15) is 19.3 Å². The molecule has 0 aromatic carbocycles. The van der Waals surface area contributed by atoms with E-state index in [-0.39, 0.29) is 6.54 Å². The van der Waals surface area contributed by atoms with Gasteiger partial charge in [0.1, 0.15) is 6.61 Å². The standard InChI is InChI=1S/C8H15F2NO/c9-8(10,7-12)6-11-4-2-1-3-5-11/h12H,1-7H2. The van der Waals surface area contributed by atoms with E-state index in [1.807, 2.05) is 0 Å². The fourth-order valence-corrected chi connectivity index (χ4v) is 1.49. The molecule has 1 heterocycles. The van der Waals surface area contributed by atoms with Crippen LogP contribution >= 0.6 is 0 Å². The van der Waals surface area contributed by atoms with E-state index in [2.05, 4.69) is 0 Å². The minimum Gasteiger partial charge on any atom is -0.390 e. The molecule has 0 spiro atoms. The van der Waals surface area contributed by atoms with Crippen LogP contribution in [0.2, 0.25) is 0 Å². The van der Waals surface area contributed by atoms with Crippen molar-refractivity contribution in [1.82, 2.24) is 4.90 Å². The zero-order chi connectivity index (χ0) is 9.03. The maximum atomic E-state index is 12.6. The number of hydrogen-bond donors (Lipinski definition) is 1. The number of halogens is 2. The third-order valence-corrected chi connectivity index (χ3v) is 2.13. The fourth-order valence-electron chi connectivity index (χ4n) is 1.49. The third kappa shape index (κ3) is 3.03. The van der Waals surface area contributed by atoms with E-state index in [1.165, 1.54) is 0 Å². The van der Waals surface area contributed by atoms with Gasteiger partial charge in [0.2, 0.25) is 0 Å². The Hall–Kier alpha value is -0.220. The summed E-state index contributed by atoms with van der Waals surface area (Å²) in [7, 11) is 0. The lowest BCUT2D eigenvalue weighted by Crippen LogP contribution is -2.41. The van der Waals surface area contributed by atoms with Gasteiger partial charge in [0, 0.05) is 0 Å². The summed E-state index contributed by atoms with van der Waals surface area (Å²) in [5, 5.41) is 8.35. The van der Waals surface area contributed by atoms with Crippen molar-refractivity contribution in [3.05, 3.63) is 0 Å². The Kier molecular flexibility index (Phi) is 3.40. The van der Waals surface area contributed by atoms with Crippen molar-refractivity contribution >= 4 is 0 Å². The first kappa shape index (κ1) is 9.86. The van der Waals surface area contributed by atoms with Crippen molar-refractivity contribution in [1.29, 1.82) is 0 Å². The van der Waals surface area contributed by atoms with Gasteiger partial charge in [0.05, 0.1) is 6.54 Å². The van der Waals surface area contributed by atoms with Crippen LogP contribution in [0.15, 0.2) is 0 Å². The summed E-state index contributed by atoms with van der Waals surface area (Å²) < 4.78 is 25.3. The monoisotopic (exact) mass is 179 g/mol. The quantitative estimate of drug-likeness (QED) is 0.701. The second-order valence-corrected chi connectivity index (χ2v) is 3.35. The Labute approximate surface area is 71.2 Å². The molecule has 0 radical (unpaired) electrons. The van der Waals surface area contributed by atoms with Crippen molar-refractivity contribution in [2.75, 3.05) is 26.2 Å². The van der Waals surface area contributed by atoms with E-state index in [0.717, 1.165) is 32.4 Å². The smallest absolute Gasteiger partial charge is 0.283 e. The van der Waals surface area contributed by atoms with E-state index in [0.29, 0.717) is 0 Å². The largest absolute Gasteiger partial charge is 0.390 e. The van der Waals surface area contributed by atoms with Gasteiger partial charge in [-0.15, -0.1) is 0 Å². The van der Waals surface area contributed by atoms with Gasteiger partial charge in [-0.2, -0.15) is 0 Å². The molecule has 0 bridgehead atoms. The van der Waals surface area contributed by atoms with Gasteiger partial charge in [-0.1, -0.05) is 6.42 Å². The zero-order valence-corrected chi connectivity index (χ0v) is 7.10. The molecule has 1 rings (SSSR count). The molecule has 72 valence electrons. The third-order valence-electron chi connectivity index (χ3n) is 2.13. The van der Waals surface area contributed by atoms with E-state index < -0.39 is 12.5 Å². The second-order valence-electron chi connectivity index (χ2n) is 3.35. The maximum absolute atomic E-state index is 12.6. The highest BCUT2D eigenvalue weighted by Crippen LogP contribution is 2.17. The van der Waals surface area contributed by atoms with Gasteiger partial charge >= 0.3 is 0 Å². The molecule has 0 aliphatic carbocycles. The Morgan fingerprint density at radius 2 is 1.75 bits per heavy atom. The van der Waals surface area contributed by atoms with Crippen LogP contribution in [-0.2, 0) is 0 Å². The zero-order valence-electron chi connectivity index (χ0n) is 7.10. The molecular weight excluding hydrogens is 164 g/mol. The van der Waals surface area contributed by atoms with E-state index >= 15 is 0 Å². The van der Waals surface area contributed by atoms with Gasteiger partial charge in [0.25, 0.3) is 5.92 Å². The molecule has 2 nitrogen and oxygen atoms in total. The predicted octanol–water partition coefficient (Wildman–Crippen LogP) is 1.10. The van der Waals surface area contributed by atoms with Crippen LogP contribution in [0.3, 0.4) is 0 Å². The van der Waals surface area contributed by atoms with Gasteiger partial charge in [-0.3, -0.25) is 4.90 Å². The van der Waals surface area contributed by atoms with Crippen molar-refractivity contribution < 1.29 is 13.9 Å². The summed E-state index contributed by atoms with van der Waals surface area (Å²) in [6.07, 6.45) is 3.14. The summed E-state index contributed by atoms with van der Waals surface area (Å²) in [4.78, 5) is 1.72. The molecule has 1 fully saturated rings. The molecule has 1 aliphatic rings. The number of aliphatic hydroxyl groups is 1. The summed E-state index contributed by atoms with van der Waals surface area (Å²) in [5.74, 6) is -2.92. The first-order chi connectivity index (χ1) is 5.64. The van der Waals surface area contributed by atoms with Gasteiger partial charge < -0.3 is 5.11 Å². The lowest BCUT2D eigenvalue weighted by Gasteiger charge is -2.29. The number of rotatable bonds is 3. The molecule has 1 aliphatic heterocycles. The predicted molar refractivity (Wildman–Crippen MR) is 42.3 cm³/mol. The lowest BCUT2D eigenvalue weighted by molar-refractivity contribution is -0.0751. The Balaban J connectivity index is 2.28. The summed E-state index contributed by atoms with van der Waals surface area (Å²) in [5.41, 5.74) is 0. The Morgan fingerprint density at radius 1 is 1.17 bits per heavy atom. The Morgan fingerprint density at radius 3 is 2.25 bits per heavy atom. The second kappa shape index (κ2) is 4.14. The molecule has 0 aromatic heterocycles. The summed E-state index contributed by atoms with van der Waals surface area (Å²) in [6, 6.07) is 0. The number of alkyl halides is 2. The topological polar surface area (TPSA) is 23.5 Å². The Bertz CT molecular complexity index is 135. The number of likely N-dealkylation sites (tertiary alicyclic amines) is 1. The number of piperidine rings is 1. The molecular formula is C8H15F2NO. The molecule has 1 N–H and O–H groups in total. The lowest BCUT2D eigenvalue weighted by atomic mass is 10.1. The SMILES string of the molecule is OCC(F)(F)CN1CCCCC1. The van der Waals surface area contributed by atoms with Crippen LogP contribution in [-0.4, -0.2) is 42.2 Å². The van der Waals surface area contributed by atoms with Crippen LogP contribution in [0.4, 0.5) is 8.78 Å². The average molecular weight is 179 g/mol. The highest BCUT2D eigenvalue weighted by molar-refractivity contribution is 4.73. The van der Waals surface area contributed by atoms with Crippen molar-refractivity contribution in [3.63, 3.8) is 0 Å².